The minimum atomic E-state index is -3.26. The molecule has 0 atom stereocenters. The van der Waals surface area contributed by atoms with Gasteiger partial charge in [-0.1, -0.05) is 38.0 Å². The van der Waals surface area contributed by atoms with Gasteiger partial charge in [0, 0.05) is 30.1 Å². The molecule has 2 aliphatic carbocycles. The molecule has 2 heterocycles. The number of carbonyl (C=O) groups is 1. The van der Waals surface area contributed by atoms with E-state index in [0.717, 1.165) is 66.6 Å². The van der Waals surface area contributed by atoms with E-state index in [2.05, 4.69) is 21.4 Å². The number of urea groups is 1. The number of hydrogen-bond donors (Lipinski definition) is 3. The van der Waals surface area contributed by atoms with E-state index < -0.39 is 9.84 Å². The smallest absolute Gasteiger partial charge is 0.322 e. The molecule has 6 rings (SSSR count). The van der Waals surface area contributed by atoms with E-state index in [9.17, 15) is 18.3 Å². The normalized spacial score (nSPS) is 17.9. The molecule has 1 spiro atoms. The average Bonchev–Trinajstić information content (AvgIpc) is 3.59. The van der Waals surface area contributed by atoms with E-state index in [0.29, 0.717) is 18.7 Å². The molecule has 2 saturated carbocycles. The second-order valence-electron chi connectivity index (χ2n) is 11.0. The molecule has 9 nitrogen and oxygen atoms in total. The van der Waals surface area contributed by atoms with Crippen molar-refractivity contribution in [1.29, 1.82) is 0 Å². The second-order valence-corrected chi connectivity index (χ2v) is 13.2. The number of aromatic nitrogens is 2. The lowest BCUT2D eigenvalue weighted by atomic mass is 9.80. The largest absolute Gasteiger partial charge is 0.493 e. The molecule has 1 aromatic heterocycles. The molecule has 4 N–H and O–H groups in total. The monoisotopic (exact) mass is 547 g/mol. The Kier molecular flexibility index (Phi) is 6.25. The summed E-state index contributed by atoms with van der Waals surface area (Å²) in [6, 6.07) is 12.5. The third-order valence-electron chi connectivity index (χ3n) is 8.42. The van der Waals surface area contributed by atoms with Gasteiger partial charge in [-0.25, -0.2) is 18.2 Å². The lowest BCUT2D eigenvalue weighted by molar-refractivity contribution is 0.245. The Morgan fingerprint density at radius 1 is 1.13 bits per heavy atom. The maximum atomic E-state index is 13.4. The number of nitrogens with one attached hydrogen (secondary N) is 1. The van der Waals surface area contributed by atoms with Gasteiger partial charge in [0.05, 0.1) is 21.9 Å². The summed E-state index contributed by atoms with van der Waals surface area (Å²) in [5.74, 6) is 0.308. The quantitative estimate of drug-likeness (QED) is 0.408. The Balaban J connectivity index is 1.28. The number of carbonyl (C=O) groups excluding carboxylic acids is 1. The summed E-state index contributed by atoms with van der Waals surface area (Å²) in [5, 5.41) is 13.8. The third-order valence-corrected chi connectivity index (χ3v) is 10.2. The predicted octanol–water partition coefficient (Wildman–Crippen LogP) is 4.64. The van der Waals surface area contributed by atoms with Crippen molar-refractivity contribution >= 4 is 27.5 Å². The number of hydrogen-bond acceptors (Lipinski definition) is 7. The van der Waals surface area contributed by atoms with E-state index in [1.807, 2.05) is 17.0 Å². The summed E-state index contributed by atoms with van der Waals surface area (Å²) < 4.78 is 24.2. The zero-order valence-electron chi connectivity index (χ0n) is 22.0. The first-order valence-electron chi connectivity index (χ1n) is 13.6. The van der Waals surface area contributed by atoms with Crippen LogP contribution >= 0.6 is 0 Å². The second kappa shape index (κ2) is 9.51. The SMILES string of the molecule is CCS(=O)(=O)c1ccc(CNC(=O)N2CC3(CCCC3)c3cc(-c4c(O)nc(N)nc4C4CC4)ccc32)cc1. The van der Waals surface area contributed by atoms with Gasteiger partial charge >= 0.3 is 6.03 Å². The van der Waals surface area contributed by atoms with Crippen LogP contribution in [0.3, 0.4) is 0 Å². The van der Waals surface area contributed by atoms with Gasteiger partial charge in [0.25, 0.3) is 0 Å². The molecular formula is C29H33N5O4S. The fourth-order valence-corrected chi connectivity index (χ4v) is 7.04. The first kappa shape index (κ1) is 25.6. The minimum absolute atomic E-state index is 0.0494. The van der Waals surface area contributed by atoms with Crippen molar-refractivity contribution in [1.82, 2.24) is 15.3 Å². The average molecular weight is 548 g/mol. The van der Waals surface area contributed by atoms with Crippen molar-refractivity contribution in [2.75, 3.05) is 22.9 Å². The highest BCUT2D eigenvalue weighted by molar-refractivity contribution is 7.91. The Hall–Kier alpha value is -3.66. The van der Waals surface area contributed by atoms with Crippen molar-refractivity contribution in [3.63, 3.8) is 0 Å². The number of nitrogen functional groups attached to an aromatic ring is 1. The van der Waals surface area contributed by atoms with Crippen LogP contribution in [0.5, 0.6) is 5.88 Å². The zero-order valence-corrected chi connectivity index (χ0v) is 22.8. The molecule has 0 unspecified atom stereocenters. The van der Waals surface area contributed by atoms with Crippen LogP contribution in [0, 0.1) is 0 Å². The summed E-state index contributed by atoms with van der Waals surface area (Å²) in [4.78, 5) is 24.1. The number of nitrogens with zero attached hydrogens (tertiary/aromatic N) is 3. The van der Waals surface area contributed by atoms with Gasteiger partial charge < -0.3 is 16.2 Å². The number of rotatable bonds is 6. The van der Waals surface area contributed by atoms with Crippen LogP contribution in [0.2, 0.25) is 0 Å². The number of anilines is 2. The highest BCUT2D eigenvalue weighted by atomic mass is 32.2. The van der Waals surface area contributed by atoms with E-state index in [1.54, 1.807) is 31.2 Å². The molecule has 2 amide bonds. The van der Waals surface area contributed by atoms with Gasteiger partial charge in [0.15, 0.2) is 9.84 Å². The molecule has 3 aromatic rings. The predicted molar refractivity (Wildman–Crippen MR) is 149 cm³/mol. The molecule has 2 aromatic carbocycles. The van der Waals surface area contributed by atoms with E-state index in [1.165, 1.54) is 0 Å². The Morgan fingerprint density at radius 2 is 1.85 bits per heavy atom. The summed E-state index contributed by atoms with van der Waals surface area (Å²) in [6.45, 7) is 2.52. The van der Waals surface area contributed by atoms with Gasteiger partial charge in [0.1, 0.15) is 0 Å². The van der Waals surface area contributed by atoms with Gasteiger partial charge in [-0.2, -0.15) is 4.98 Å². The van der Waals surface area contributed by atoms with E-state index in [-0.39, 0.29) is 39.8 Å². The molecule has 39 heavy (non-hydrogen) atoms. The Bertz CT molecular complexity index is 1540. The van der Waals surface area contributed by atoms with E-state index >= 15 is 0 Å². The van der Waals surface area contributed by atoms with Crippen molar-refractivity contribution < 1.29 is 18.3 Å². The van der Waals surface area contributed by atoms with Crippen LogP contribution in [-0.2, 0) is 21.8 Å². The van der Waals surface area contributed by atoms with Crippen LogP contribution in [-0.4, -0.2) is 41.8 Å². The summed E-state index contributed by atoms with van der Waals surface area (Å²) >= 11 is 0. The first-order valence-corrected chi connectivity index (χ1v) is 15.2. The molecule has 1 aliphatic heterocycles. The molecule has 204 valence electrons. The van der Waals surface area contributed by atoms with Crippen molar-refractivity contribution in [2.24, 2.45) is 0 Å². The zero-order chi connectivity index (χ0) is 27.4. The maximum Gasteiger partial charge on any atom is 0.322 e. The molecule has 10 heteroatoms. The number of sulfone groups is 1. The maximum absolute atomic E-state index is 13.4. The lowest BCUT2D eigenvalue weighted by Gasteiger charge is -2.25. The summed E-state index contributed by atoms with van der Waals surface area (Å²) in [5.41, 5.74) is 10.8. The molecular weight excluding hydrogens is 514 g/mol. The van der Waals surface area contributed by atoms with Crippen molar-refractivity contribution in [3.05, 3.63) is 59.3 Å². The highest BCUT2D eigenvalue weighted by Gasteiger charge is 2.46. The van der Waals surface area contributed by atoms with Gasteiger partial charge in [0.2, 0.25) is 11.8 Å². The minimum Gasteiger partial charge on any atom is -0.493 e. The topological polar surface area (TPSA) is 139 Å². The van der Waals surface area contributed by atoms with Gasteiger partial charge in [-0.05, 0) is 66.6 Å². The van der Waals surface area contributed by atoms with Gasteiger partial charge in [-0.15, -0.1) is 0 Å². The van der Waals surface area contributed by atoms with Crippen molar-refractivity contribution in [2.45, 2.75) is 68.2 Å². The van der Waals surface area contributed by atoms with Crippen LogP contribution < -0.4 is 16.0 Å². The lowest BCUT2D eigenvalue weighted by Crippen LogP contribution is -2.41. The Morgan fingerprint density at radius 3 is 2.51 bits per heavy atom. The van der Waals surface area contributed by atoms with Crippen LogP contribution in [0.4, 0.5) is 16.4 Å². The van der Waals surface area contributed by atoms with Gasteiger partial charge in [-0.3, -0.25) is 4.90 Å². The standard InChI is InChI=1S/C29H33N5O4S/c1-2-39(37,38)21-10-5-18(6-11-21)16-31-28(36)34-17-29(13-3-4-14-29)22-15-20(9-12-23(22)34)24-25(19-7-8-19)32-27(30)33-26(24)35/h5-6,9-12,15,19H,2-4,7-8,13-14,16-17H2,1H3,(H,31,36)(H3,30,32,33,35). The molecule has 0 saturated heterocycles. The van der Waals surface area contributed by atoms with Crippen LogP contribution in [0.25, 0.3) is 11.1 Å². The molecule has 2 fully saturated rings. The number of fused-ring (bicyclic) bond motifs is 2. The highest BCUT2D eigenvalue weighted by Crippen LogP contribution is 2.53. The van der Waals surface area contributed by atoms with E-state index in [4.69, 9.17) is 5.73 Å². The fourth-order valence-electron chi connectivity index (χ4n) is 6.15. The fraction of sp³-hybridized carbons (Fsp3) is 0.414. The number of benzene rings is 2. The number of amides is 2. The molecule has 3 aliphatic rings. The number of aromatic hydroxyl groups is 1. The van der Waals surface area contributed by atoms with Crippen LogP contribution in [0.15, 0.2) is 47.4 Å². The van der Waals surface area contributed by atoms with Crippen molar-refractivity contribution in [3.8, 4) is 17.0 Å². The summed E-state index contributed by atoms with van der Waals surface area (Å²) in [6.07, 6.45) is 6.25. The Labute approximate surface area is 228 Å². The number of nitrogens with two attached hydrogens (primary N) is 1. The molecule has 0 radical (unpaired) electrons. The van der Waals surface area contributed by atoms with Crippen LogP contribution in [0.1, 0.15) is 68.2 Å². The summed E-state index contributed by atoms with van der Waals surface area (Å²) in [7, 11) is -3.26. The molecule has 0 bridgehead atoms. The third kappa shape index (κ3) is 4.60. The first-order chi connectivity index (χ1) is 18.7.